The smallest absolute Gasteiger partial charge is 0.325 e. The molecule has 0 unspecified atom stereocenters. The van der Waals surface area contributed by atoms with E-state index in [-0.39, 0.29) is 11.5 Å². The quantitative estimate of drug-likeness (QED) is 0.458. The summed E-state index contributed by atoms with van der Waals surface area (Å²) in [5, 5.41) is 5.23. The maximum atomic E-state index is 13.7. The largest absolute Gasteiger partial charge is 0.329 e. The first-order chi connectivity index (χ1) is 15.7. The lowest BCUT2D eigenvalue weighted by atomic mass is 10.2. The lowest BCUT2D eigenvalue weighted by Gasteiger charge is -2.12. The first kappa shape index (κ1) is 22.0. The predicted molar refractivity (Wildman–Crippen MR) is 123 cm³/mol. The number of halogens is 1. The van der Waals surface area contributed by atoms with E-state index in [2.05, 4.69) is 10.6 Å². The zero-order chi connectivity index (χ0) is 23.7. The SMILES string of the molecule is Cc1cccc(NC(=O)CN2C(=O)N/C(=C/c3cc(C)n(-c4cccc(F)c4)c3C)C2=O)c1. The second-order valence-corrected chi connectivity index (χ2v) is 7.94. The van der Waals surface area contributed by atoms with Crippen LogP contribution in [0.15, 0.2) is 60.3 Å². The number of hydrogen-bond donors (Lipinski definition) is 2. The third-order valence-corrected chi connectivity index (χ3v) is 5.40. The molecule has 4 amide bonds. The second kappa shape index (κ2) is 8.74. The molecular formula is C25H23FN4O3. The highest BCUT2D eigenvalue weighted by molar-refractivity contribution is 6.16. The van der Waals surface area contributed by atoms with E-state index in [1.54, 1.807) is 36.4 Å². The number of anilines is 1. The summed E-state index contributed by atoms with van der Waals surface area (Å²) < 4.78 is 15.6. The minimum Gasteiger partial charge on any atom is -0.325 e. The number of rotatable bonds is 5. The minimum absolute atomic E-state index is 0.0721. The first-order valence-electron chi connectivity index (χ1n) is 10.4. The van der Waals surface area contributed by atoms with Gasteiger partial charge in [-0.15, -0.1) is 0 Å². The topological polar surface area (TPSA) is 83.4 Å². The Morgan fingerprint density at radius 2 is 1.82 bits per heavy atom. The Balaban J connectivity index is 1.53. The summed E-state index contributed by atoms with van der Waals surface area (Å²) in [7, 11) is 0. The maximum absolute atomic E-state index is 13.7. The summed E-state index contributed by atoms with van der Waals surface area (Å²) in [5.74, 6) is -1.41. The average molecular weight is 446 g/mol. The molecule has 1 aliphatic heterocycles. The average Bonchev–Trinajstić information content (AvgIpc) is 3.17. The first-order valence-corrected chi connectivity index (χ1v) is 10.4. The molecule has 1 aliphatic rings. The number of amides is 4. The van der Waals surface area contributed by atoms with Crippen LogP contribution in [0.2, 0.25) is 0 Å². The normalized spacial score (nSPS) is 14.7. The standard InChI is InChI=1S/C25H23FN4O3/c1-15-6-4-8-20(10-15)27-23(31)14-29-24(32)22(28-25(29)33)12-18-11-16(2)30(17(18)3)21-9-5-7-19(26)13-21/h4-13H,14H2,1-3H3,(H,27,31)(H,28,33)/b22-12+. The van der Waals surface area contributed by atoms with Crippen LogP contribution in [0, 0.1) is 26.6 Å². The summed E-state index contributed by atoms with van der Waals surface area (Å²) in [4.78, 5) is 38.4. The van der Waals surface area contributed by atoms with Gasteiger partial charge in [0.25, 0.3) is 5.91 Å². The maximum Gasteiger partial charge on any atom is 0.329 e. The van der Waals surface area contributed by atoms with Gasteiger partial charge >= 0.3 is 6.03 Å². The highest BCUT2D eigenvalue weighted by atomic mass is 19.1. The Hall–Kier alpha value is -4.20. The van der Waals surface area contributed by atoms with Crippen molar-refractivity contribution in [3.63, 3.8) is 0 Å². The number of carbonyl (C=O) groups excluding carboxylic acids is 3. The molecule has 2 aromatic carbocycles. The van der Waals surface area contributed by atoms with Crippen molar-refractivity contribution in [2.45, 2.75) is 20.8 Å². The van der Waals surface area contributed by atoms with Crippen molar-refractivity contribution in [2.24, 2.45) is 0 Å². The molecule has 0 aliphatic carbocycles. The summed E-state index contributed by atoms with van der Waals surface area (Å²) in [6.45, 7) is 5.21. The van der Waals surface area contributed by atoms with Crippen LogP contribution in [0.4, 0.5) is 14.9 Å². The Morgan fingerprint density at radius 1 is 1.06 bits per heavy atom. The molecule has 4 rings (SSSR count). The van der Waals surface area contributed by atoms with Gasteiger partial charge in [-0.25, -0.2) is 14.1 Å². The number of carbonyl (C=O) groups is 3. The van der Waals surface area contributed by atoms with Gasteiger partial charge < -0.3 is 15.2 Å². The number of nitrogens with zero attached hydrogens (tertiary/aromatic N) is 2. The van der Waals surface area contributed by atoms with Crippen LogP contribution in [0.25, 0.3) is 11.8 Å². The van der Waals surface area contributed by atoms with Gasteiger partial charge in [-0.3, -0.25) is 9.59 Å². The second-order valence-electron chi connectivity index (χ2n) is 7.94. The third-order valence-electron chi connectivity index (χ3n) is 5.40. The van der Waals surface area contributed by atoms with Crippen molar-refractivity contribution in [1.29, 1.82) is 0 Å². The number of imide groups is 1. The van der Waals surface area contributed by atoms with E-state index < -0.39 is 24.4 Å². The van der Waals surface area contributed by atoms with Gasteiger partial charge in [0.15, 0.2) is 0 Å². The van der Waals surface area contributed by atoms with Crippen LogP contribution >= 0.6 is 0 Å². The zero-order valence-corrected chi connectivity index (χ0v) is 18.5. The van der Waals surface area contributed by atoms with Crippen molar-refractivity contribution in [3.05, 3.63) is 88.6 Å². The van der Waals surface area contributed by atoms with Gasteiger partial charge in [-0.1, -0.05) is 18.2 Å². The van der Waals surface area contributed by atoms with Crippen molar-refractivity contribution in [3.8, 4) is 5.69 Å². The third kappa shape index (κ3) is 4.55. The molecule has 0 radical (unpaired) electrons. The number of benzene rings is 2. The molecule has 0 bridgehead atoms. The Morgan fingerprint density at radius 3 is 2.55 bits per heavy atom. The van der Waals surface area contributed by atoms with Gasteiger partial charge in [0.2, 0.25) is 5.91 Å². The van der Waals surface area contributed by atoms with Crippen LogP contribution in [-0.4, -0.2) is 33.9 Å². The van der Waals surface area contributed by atoms with Gasteiger partial charge in [0.1, 0.15) is 18.1 Å². The minimum atomic E-state index is -0.662. The highest BCUT2D eigenvalue weighted by Crippen LogP contribution is 2.24. The van der Waals surface area contributed by atoms with Crippen LogP contribution in [0.3, 0.4) is 0 Å². The van der Waals surface area contributed by atoms with E-state index >= 15 is 0 Å². The summed E-state index contributed by atoms with van der Waals surface area (Å²) in [6, 6.07) is 14.6. The van der Waals surface area contributed by atoms with Gasteiger partial charge in [0, 0.05) is 22.8 Å². The number of urea groups is 1. The van der Waals surface area contributed by atoms with Crippen molar-refractivity contribution in [1.82, 2.24) is 14.8 Å². The summed E-state index contributed by atoms with van der Waals surface area (Å²) >= 11 is 0. The Bertz CT molecular complexity index is 1310. The van der Waals surface area contributed by atoms with E-state index in [0.29, 0.717) is 16.9 Å². The monoisotopic (exact) mass is 446 g/mol. The molecule has 0 spiro atoms. The molecule has 1 saturated heterocycles. The molecule has 1 fully saturated rings. The molecular weight excluding hydrogens is 423 g/mol. The number of aromatic nitrogens is 1. The van der Waals surface area contributed by atoms with Gasteiger partial charge in [0.05, 0.1) is 0 Å². The molecule has 0 saturated carbocycles. The van der Waals surface area contributed by atoms with Gasteiger partial charge in [-0.2, -0.15) is 0 Å². The van der Waals surface area contributed by atoms with Crippen LogP contribution in [0.1, 0.15) is 22.5 Å². The van der Waals surface area contributed by atoms with E-state index in [4.69, 9.17) is 0 Å². The van der Waals surface area contributed by atoms with Crippen molar-refractivity contribution in [2.75, 3.05) is 11.9 Å². The van der Waals surface area contributed by atoms with Gasteiger partial charge in [-0.05, 0) is 74.4 Å². The predicted octanol–water partition coefficient (Wildman–Crippen LogP) is 4.07. The molecule has 7 nitrogen and oxygen atoms in total. The molecule has 3 aromatic rings. The van der Waals surface area contributed by atoms with Crippen LogP contribution in [0.5, 0.6) is 0 Å². The zero-order valence-electron chi connectivity index (χ0n) is 18.5. The van der Waals surface area contributed by atoms with Crippen LogP contribution in [-0.2, 0) is 9.59 Å². The number of aryl methyl sites for hydroxylation is 2. The molecule has 33 heavy (non-hydrogen) atoms. The lowest BCUT2D eigenvalue weighted by molar-refractivity contribution is -0.127. The molecule has 2 heterocycles. The van der Waals surface area contributed by atoms with E-state index in [1.807, 2.05) is 37.5 Å². The summed E-state index contributed by atoms with van der Waals surface area (Å²) in [6.07, 6.45) is 1.57. The van der Waals surface area contributed by atoms with E-state index in [0.717, 1.165) is 21.9 Å². The van der Waals surface area contributed by atoms with E-state index in [1.165, 1.54) is 12.1 Å². The fourth-order valence-electron chi connectivity index (χ4n) is 3.88. The highest BCUT2D eigenvalue weighted by Gasteiger charge is 2.35. The van der Waals surface area contributed by atoms with Crippen LogP contribution < -0.4 is 10.6 Å². The Labute approximate surface area is 190 Å². The lowest BCUT2D eigenvalue weighted by Crippen LogP contribution is -2.38. The number of nitrogens with one attached hydrogen (secondary N) is 2. The summed E-state index contributed by atoms with van der Waals surface area (Å²) in [5.41, 5.74) is 4.62. The molecule has 8 heteroatoms. The fraction of sp³-hybridized carbons (Fsp3) is 0.160. The molecule has 1 aromatic heterocycles. The van der Waals surface area contributed by atoms with E-state index in [9.17, 15) is 18.8 Å². The molecule has 168 valence electrons. The fourth-order valence-corrected chi connectivity index (χ4v) is 3.88. The number of hydrogen-bond acceptors (Lipinski definition) is 3. The molecule has 2 N–H and O–H groups in total. The van der Waals surface area contributed by atoms with Crippen molar-refractivity contribution >= 4 is 29.6 Å². The molecule has 0 atom stereocenters. The van der Waals surface area contributed by atoms with Crippen molar-refractivity contribution < 1.29 is 18.8 Å². The Kier molecular flexibility index (Phi) is 5.83.